The Hall–Kier alpha value is -2.11. The fraction of sp³-hybridized carbons (Fsp3) is 0.0556. The minimum atomic E-state index is -0.839. The van der Waals surface area contributed by atoms with E-state index in [9.17, 15) is 4.79 Å². The maximum atomic E-state index is 11.0. The summed E-state index contributed by atoms with van der Waals surface area (Å²) >= 11 is 4.95. The van der Waals surface area contributed by atoms with Gasteiger partial charge in [-0.05, 0) is 63.5 Å². The summed E-state index contributed by atoms with van der Waals surface area (Å²) < 4.78 is 6.61. The average molecular weight is 389 g/mol. The topological polar surface area (TPSA) is 46.5 Å². The minimum absolute atomic E-state index is 0.00167. The predicted octanol–water partition coefficient (Wildman–Crippen LogP) is 5.60. The smallest absolute Gasteiger partial charge is 0.307 e. The van der Waals surface area contributed by atoms with E-state index in [0.717, 1.165) is 32.0 Å². The number of hydrogen-bond acceptors (Lipinski definition) is 3. The third kappa shape index (κ3) is 3.81. The van der Waals surface area contributed by atoms with Crippen LogP contribution in [0, 0.1) is 0 Å². The van der Waals surface area contributed by atoms with E-state index < -0.39 is 5.97 Å². The molecule has 2 aromatic carbocycles. The Morgan fingerprint density at radius 3 is 2.35 bits per heavy atom. The predicted molar refractivity (Wildman–Crippen MR) is 95.3 cm³/mol. The standard InChI is InChI=1S/C18H13BrO3S/c19-16-11-23-18(15(16)10-17(20)21)12-6-8-14(9-7-12)22-13-4-2-1-3-5-13/h1-9,11H,10H2,(H,20,21). The summed E-state index contributed by atoms with van der Waals surface area (Å²) in [5.74, 6) is 0.690. The summed E-state index contributed by atoms with van der Waals surface area (Å²) in [5.41, 5.74) is 1.79. The van der Waals surface area contributed by atoms with Crippen LogP contribution in [0.5, 0.6) is 11.5 Å². The van der Waals surface area contributed by atoms with Gasteiger partial charge in [0, 0.05) is 14.7 Å². The van der Waals surface area contributed by atoms with Crippen molar-refractivity contribution in [3.05, 3.63) is 70.0 Å². The molecule has 0 aliphatic rings. The Labute approximate surface area is 146 Å². The zero-order chi connectivity index (χ0) is 16.2. The third-order valence-corrected chi connectivity index (χ3v) is 5.35. The fourth-order valence-electron chi connectivity index (χ4n) is 2.22. The van der Waals surface area contributed by atoms with Gasteiger partial charge in [0.05, 0.1) is 6.42 Å². The quantitative estimate of drug-likeness (QED) is 0.618. The van der Waals surface area contributed by atoms with Crippen molar-refractivity contribution in [1.82, 2.24) is 0 Å². The molecule has 116 valence electrons. The molecule has 3 aromatic rings. The summed E-state index contributed by atoms with van der Waals surface area (Å²) in [4.78, 5) is 12.0. The molecule has 23 heavy (non-hydrogen) atoms. The van der Waals surface area contributed by atoms with E-state index >= 15 is 0 Å². The first kappa shape index (κ1) is 15.8. The number of para-hydroxylation sites is 1. The van der Waals surface area contributed by atoms with E-state index in [2.05, 4.69) is 15.9 Å². The van der Waals surface area contributed by atoms with Crippen molar-refractivity contribution in [2.24, 2.45) is 0 Å². The molecule has 0 bridgehead atoms. The monoisotopic (exact) mass is 388 g/mol. The first-order chi connectivity index (χ1) is 11.1. The highest BCUT2D eigenvalue weighted by Gasteiger charge is 2.14. The molecule has 1 heterocycles. The number of ether oxygens (including phenoxy) is 1. The van der Waals surface area contributed by atoms with Gasteiger partial charge < -0.3 is 9.84 Å². The van der Waals surface area contributed by atoms with E-state index in [4.69, 9.17) is 9.84 Å². The molecule has 3 rings (SSSR count). The average Bonchev–Trinajstić information content (AvgIpc) is 2.90. The second-order valence-corrected chi connectivity index (χ2v) is 6.64. The van der Waals surface area contributed by atoms with Crippen LogP contribution in [-0.4, -0.2) is 11.1 Å². The Morgan fingerprint density at radius 2 is 1.70 bits per heavy atom. The van der Waals surface area contributed by atoms with Crippen LogP contribution < -0.4 is 4.74 Å². The van der Waals surface area contributed by atoms with Gasteiger partial charge in [-0.15, -0.1) is 11.3 Å². The molecular formula is C18H13BrO3S. The Kier molecular flexibility index (Phi) is 4.79. The molecule has 0 saturated heterocycles. The maximum Gasteiger partial charge on any atom is 0.307 e. The van der Waals surface area contributed by atoms with E-state index in [1.54, 1.807) is 0 Å². The minimum Gasteiger partial charge on any atom is -0.481 e. The van der Waals surface area contributed by atoms with Crippen LogP contribution in [0.25, 0.3) is 10.4 Å². The Balaban J connectivity index is 1.84. The van der Waals surface area contributed by atoms with Gasteiger partial charge in [0.15, 0.2) is 0 Å². The lowest BCUT2D eigenvalue weighted by Crippen LogP contribution is -2.00. The zero-order valence-electron chi connectivity index (χ0n) is 12.0. The van der Waals surface area contributed by atoms with Crippen molar-refractivity contribution in [3.8, 4) is 21.9 Å². The van der Waals surface area contributed by atoms with Gasteiger partial charge in [-0.25, -0.2) is 0 Å². The summed E-state index contributed by atoms with van der Waals surface area (Å²) in [6, 6.07) is 17.3. The van der Waals surface area contributed by atoms with E-state index in [0.29, 0.717) is 0 Å². The van der Waals surface area contributed by atoms with Gasteiger partial charge in [-0.2, -0.15) is 0 Å². The van der Waals surface area contributed by atoms with Gasteiger partial charge >= 0.3 is 5.97 Å². The number of carboxylic acid groups (broad SMARTS) is 1. The second-order valence-electron chi connectivity index (χ2n) is 4.90. The maximum absolute atomic E-state index is 11.0. The summed E-state index contributed by atoms with van der Waals surface area (Å²) in [7, 11) is 0. The highest BCUT2D eigenvalue weighted by molar-refractivity contribution is 9.10. The van der Waals surface area contributed by atoms with E-state index in [1.807, 2.05) is 60.0 Å². The summed E-state index contributed by atoms with van der Waals surface area (Å²) in [6.45, 7) is 0. The molecule has 0 aliphatic heterocycles. The molecule has 0 fully saturated rings. The Bertz CT molecular complexity index is 810. The number of benzene rings is 2. The van der Waals surface area contributed by atoms with Gasteiger partial charge in [-0.3, -0.25) is 4.79 Å². The normalized spacial score (nSPS) is 10.5. The van der Waals surface area contributed by atoms with Gasteiger partial charge in [0.25, 0.3) is 0 Å². The molecule has 5 heteroatoms. The van der Waals surface area contributed by atoms with E-state index in [-0.39, 0.29) is 6.42 Å². The van der Waals surface area contributed by atoms with Crippen LogP contribution in [0.2, 0.25) is 0 Å². The first-order valence-corrected chi connectivity index (χ1v) is 8.62. The summed E-state index contributed by atoms with van der Waals surface area (Å²) in [6.07, 6.45) is 0.00167. The largest absolute Gasteiger partial charge is 0.481 e. The van der Waals surface area contributed by atoms with Gasteiger partial charge in [-0.1, -0.05) is 18.2 Å². The third-order valence-electron chi connectivity index (χ3n) is 3.27. The second kappa shape index (κ2) is 6.98. The Morgan fingerprint density at radius 1 is 1.04 bits per heavy atom. The molecule has 3 nitrogen and oxygen atoms in total. The van der Waals surface area contributed by atoms with Crippen LogP contribution in [-0.2, 0) is 11.2 Å². The lowest BCUT2D eigenvalue weighted by molar-refractivity contribution is -0.136. The van der Waals surface area contributed by atoms with Crippen LogP contribution in [0.1, 0.15) is 5.56 Å². The highest BCUT2D eigenvalue weighted by Crippen LogP contribution is 2.37. The lowest BCUT2D eigenvalue weighted by atomic mass is 10.1. The molecular weight excluding hydrogens is 376 g/mol. The van der Waals surface area contributed by atoms with Crippen molar-refractivity contribution in [1.29, 1.82) is 0 Å². The molecule has 1 aromatic heterocycles. The van der Waals surface area contributed by atoms with Crippen molar-refractivity contribution < 1.29 is 14.6 Å². The van der Waals surface area contributed by atoms with Crippen LogP contribution >= 0.6 is 27.3 Å². The van der Waals surface area contributed by atoms with Crippen LogP contribution in [0.4, 0.5) is 0 Å². The fourth-order valence-corrected chi connectivity index (χ4v) is 3.93. The molecule has 1 N–H and O–H groups in total. The number of halogens is 1. The molecule has 0 spiro atoms. The van der Waals surface area contributed by atoms with Crippen molar-refractivity contribution in [3.63, 3.8) is 0 Å². The number of rotatable bonds is 5. The van der Waals surface area contributed by atoms with Crippen molar-refractivity contribution >= 4 is 33.2 Å². The molecule has 0 unspecified atom stereocenters. The van der Waals surface area contributed by atoms with Gasteiger partial charge in [0.1, 0.15) is 11.5 Å². The number of carbonyl (C=O) groups is 1. The first-order valence-electron chi connectivity index (χ1n) is 6.94. The van der Waals surface area contributed by atoms with Crippen molar-refractivity contribution in [2.45, 2.75) is 6.42 Å². The molecule has 0 atom stereocenters. The SMILES string of the molecule is O=C(O)Cc1c(Br)csc1-c1ccc(Oc2ccccc2)cc1. The molecule has 0 aliphatic carbocycles. The number of hydrogen-bond donors (Lipinski definition) is 1. The van der Waals surface area contributed by atoms with Crippen LogP contribution in [0.3, 0.4) is 0 Å². The van der Waals surface area contributed by atoms with Gasteiger partial charge in [0.2, 0.25) is 0 Å². The molecule has 0 radical (unpaired) electrons. The number of thiophene rings is 1. The lowest BCUT2D eigenvalue weighted by Gasteiger charge is -2.07. The van der Waals surface area contributed by atoms with Crippen molar-refractivity contribution in [2.75, 3.05) is 0 Å². The number of carboxylic acids is 1. The van der Waals surface area contributed by atoms with Crippen LogP contribution in [0.15, 0.2) is 64.5 Å². The molecule has 0 amide bonds. The molecule has 0 saturated carbocycles. The summed E-state index contributed by atoms with van der Waals surface area (Å²) in [5, 5.41) is 11.0. The number of aliphatic carboxylic acids is 1. The van der Waals surface area contributed by atoms with E-state index in [1.165, 1.54) is 11.3 Å². The zero-order valence-corrected chi connectivity index (χ0v) is 14.4. The highest BCUT2D eigenvalue weighted by atomic mass is 79.9.